The SMILES string of the molecule is O=C(NN1C(=O)C(=Cc2ccccc2)SC1=S)c1ccc(Cl)cc1. The van der Waals surface area contributed by atoms with Gasteiger partial charge in [-0.1, -0.05) is 53.7 Å². The number of hydrazine groups is 1. The minimum absolute atomic E-state index is 0.282. The summed E-state index contributed by atoms with van der Waals surface area (Å²) >= 11 is 12.1. The van der Waals surface area contributed by atoms with Crippen LogP contribution in [-0.4, -0.2) is 21.1 Å². The molecule has 0 bridgehead atoms. The summed E-state index contributed by atoms with van der Waals surface area (Å²) < 4.78 is 0.282. The molecule has 0 aliphatic carbocycles. The van der Waals surface area contributed by atoms with E-state index in [4.69, 9.17) is 23.8 Å². The first-order valence-electron chi connectivity index (χ1n) is 6.94. The molecular weight excluding hydrogens is 364 g/mol. The number of carbonyl (C=O) groups is 2. The van der Waals surface area contributed by atoms with E-state index in [0.717, 1.165) is 22.3 Å². The van der Waals surface area contributed by atoms with E-state index in [1.54, 1.807) is 30.3 Å². The molecular formula is C17H11ClN2O2S2. The molecule has 1 fully saturated rings. The third kappa shape index (κ3) is 3.67. The molecule has 2 aromatic carbocycles. The Labute approximate surface area is 153 Å². The van der Waals surface area contributed by atoms with E-state index in [9.17, 15) is 9.59 Å². The van der Waals surface area contributed by atoms with Crippen LogP contribution in [0.1, 0.15) is 15.9 Å². The largest absolute Gasteiger partial charge is 0.285 e. The molecule has 2 aromatic rings. The molecule has 1 aliphatic heterocycles. The van der Waals surface area contributed by atoms with Crippen LogP contribution in [0.15, 0.2) is 59.5 Å². The van der Waals surface area contributed by atoms with Crippen LogP contribution in [0.25, 0.3) is 6.08 Å². The summed E-state index contributed by atoms with van der Waals surface area (Å²) in [6.07, 6.45) is 1.74. The minimum atomic E-state index is -0.427. The number of amides is 2. The summed E-state index contributed by atoms with van der Waals surface area (Å²) in [6.45, 7) is 0. The number of carbonyl (C=O) groups excluding carboxylic acids is 2. The van der Waals surface area contributed by atoms with Gasteiger partial charge in [-0.25, -0.2) is 0 Å². The summed E-state index contributed by atoms with van der Waals surface area (Å²) in [4.78, 5) is 25.1. The van der Waals surface area contributed by atoms with Crippen LogP contribution in [0.5, 0.6) is 0 Å². The minimum Gasteiger partial charge on any atom is -0.267 e. The molecule has 0 radical (unpaired) electrons. The van der Waals surface area contributed by atoms with Crippen LogP contribution in [0.3, 0.4) is 0 Å². The van der Waals surface area contributed by atoms with E-state index in [2.05, 4.69) is 5.43 Å². The predicted octanol–water partition coefficient (Wildman–Crippen LogP) is 3.89. The van der Waals surface area contributed by atoms with E-state index < -0.39 is 5.91 Å². The Bertz CT molecular complexity index is 835. The standard InChI is InChI=1S/C17H11ClN2O2S2/c18-13-8-6-12(7-9-13)15(21)19-20-16(22)14(24-17(20)23)10-11-4-2-1-3-5-11/h1-10H,(H,19,21). The highest BCUT2D eigenvalue weighted by atomic mass is 35.5. The van der Waals surface area contributed by atoms with Crippen LogP contribution in [0.2, 0.25) is 5.02 Å². The summed E-state index contributed by atoms with van der Waals surface area (Å²) in [7, 11) is 0. The van der Waals surface area contributed by atoms with Gasteiger partial charge in [0.1, 0.15) is 0 Å². The first-order valence-corrected chi connectivity index (χ1v) is 8.54. The molecule has 1 heterocycles. The van der Waals surface area contributed by atoms with Gasteiger partial charge < -0.3 is 0 Å². The maximum atomic E-state index is 12.5. The van der Waals surface area contributed by atoms with Crippen molar-refractivity contribution in [3.63, 3.8) is 0 Å². The molecule has 0 atom stereocenters. The molecule has 0 spiro atoms. The van der Waals surface area contributed by atoms with Gasteiger partial charge in [-0.15, -0.1) is 0 Å². The number of benzene rings is 2. The summed E-state index contributed by atoms with van der Waals surface area (Å²) in [5, 5.41) is 1.62. The second kappa shape index (κ2) is 7.17. The van der Waals surface area contributed by atoms with E-state index in [-0.39, 0.29) is 10.2 Å². The number of halogens is 1. The van der Waals surface area contributed by atoms with Crippen LogP contribution < -0.4 is 5.43 Å². The highest BCUT2D eigenvalue weighted by Crippen LogP contribution is 2.31. The molecule has 0 saturated carbocycles. The molecule has 1 saturated heterocycles. The smallest absolute Gasteiger partial charge is 0.267 e. The molecule has 1 aliphatic rings. The zero-order valence-electron chi connectivity index (χ0n) is 12.2. The van der Waals surface area contributed by atoms with Crippen LogP contribution in [0.4, 0.5) is 0 Å². The topological polar surface area (TPSA) is 49.4 Å². The van der Waals surface area contributed by atoms with Crippen molar-refractivity contribution < 1.29 is 9.59 Å². The number of thiocarbonyl (C=S) groups is 1. The lowest BCUT2D eigenvalue weighted by molar-refractivity contribution is -0.123. The number of hydrogen-bond donors (Lipinski definition) is 1. The fraction of sp³-hybridized carbons (Fsp3) is 0. The van der Waals surface area contributed by atoms with Crippen molar-refractivity contribution in [1.29, 1.82) is 0 Å². The molecule has 120 valence electrons. The Hall–Kier alpha value is -2.15. The van der Waals surface area contributed by atoms with Gasteiger partial charge in [0.15, 0.2) is 4.32 Å². The number of rotatable bonds is 3. The fourth-order valence-electron chi connectivity index (χ4n) is 2.03. The quantitative estimate of drug-likeness (QED) is 0.654. The highest BCUT2D eigenvalue weighted by Gasteiger charge is 2.33. The Balaban J connectivity index is 1.76. The third-order valence-corrected chi connectivity index (χ3v) is 4.76. The van der Waals surface area contributed by atoms with Gasteiger partial charge in [0.25, 0.3) is 11.8 Å². The Morgan fingerprint density at radius 2 is 1.79 bits per heavy atom. The maximum absolute atomic E-state index is 12.5. The molecule has 0 unspecified atom stereocenters. The van der Waals surface area contributed by atoms with Crippen molar-refractivity contribution >= 4 is 57.8 Å². The lowest BCUT2D eigenvalue weighted by Crippen LogP contribution is -2.44. The summed E-state index contributed by atoms with van der Waals surface area (Å²) in [5.41, 5.74) is 3.81. The van der Waals surface area contributed by atoms with E-state index in [1.807, 2.05) is 30.3 Å². The van der Waals surface area contributed by atoms with Crippen LogP contribution in [-0.2, 0) is 4.79 Å². The first kappa shape index (κ1) is 16.7. The van der Waals surface area contributed by atoms with Crippen LogP contribution >= 0.6 is 35.6 Å². The number of hydrogen-bond acceptors (Lipinski definition) is 4. The fourth-order valence-corrected chi connectivity index (χ4v) is 3.34. The van der Waals surface area contributed by atoms with Crippen LogP contribution in [0, 0.1) is 0 Å². The van der Waals surface area contributed by atoms with E-state index >= 15 is 0 Å². The second-order valence-corrected chi connectivity index (χ2v) is 6.99. The molecule has 2 amide bonds. The molecule has 0 aromatic heterocycles. The van der Waals surface area contributed by atoms with Crippen molar-refractivity contribution in [3.05, 3.63) is 75.7 Å². The summed E-state index contributed by atoms with van der Waals surface area (Å²) in [5.74, 6) is -0.778. The van der Waals surface area contributed by atoms with Gasteiger partial charge >= 0.3 is 0 Å². The molecule has 7 heteroatoms. The number of thioether (sulfide) groups is 1. The van der Waals surface area contributed by atoms with Gasteiger partial charge in [0, 0.05) is 10.6 Å². The van der Waals surface area contributed by atoms with Gasteiger partial charge in [0.2, 0.25) is 0 Å². The predicted molar refractivity (Wildman–Crippen MR) is 100 cm³/mol. The lowest BCUT2D eigenvalue weighted by atomic mass is 10.2. The number of nitrogens with one attached hydrogen (secondary N) is 1. The number of nitrogens with zero attached hydrogens (tertiary/aromatic N) is 1. The molecule has 24 heavy (non-hydrogen) atoms. The van der Waals surface area contributed by atoms with Gasteiger partial charge in [-0.05, 0) is 48.1 Å². The van der Waals surface area contributed by atoms with Crippen molar-refractivity contribution in [2.24, 2.45) is 0 Å². The Kier molecular flexibility index (Phi) is 4.99. The summed E-state index contributed by atoms with van der Waals surface area (Å²) in [6, 6.07) is 15.8. The zero-order chi connectivity index (χ0) is 17.1. The molecule has 4 nitrogen and oxygen atoms in total. The van der Waals surface area contributed by atoms with Gasteiger partial charge in [0.05, 0.1) is 4.91 Å². The Morgan fingerprint density at radius 1 is 1.12 bits per heavy atom. The highest BCUT2D eigenvalue weighted by molar-refractivity contribution is 8.26. The van der Waals surface area contributed by atoms with Crippen molar-refractivity contribution in [3.8, 4) is 0 Å². The molecule has 3 rings (SSSR count). The van der Waals surface area contributed by atoms with Crippen molar-refractivity contribution in [2.75, 3.05) is 0 Å². The lowest BCUT2D eigenvalue weighted by Gasteiger charge is -2.15. The average molecular weight is 375 g/mol. The van der Waals surface area contributed by atoms with Gasteiger partial charge in [-0.2, -0.15) is 5.01 Å². The third-order valence-electron chi connectivity index (χ3n) is 3.21. The normalized spacial score (nSPS) is 15.9. The monoisotopic (exact) mass is 374 g/mol. The average Bonchev–Trinajstić information content (AvgIpc) is 2.84. The second-order valence-electron chi connectivity index (χ2n) is 4.88. The first-order chi connectivity index (χ1) is 11.5. The van der Waals surface area contributed by atoms with Crippen molar-refractivity contribution in [2.45, 2.75) is 0 Å². The molecule has 1 N–H and O–H groups in total. The van der Waals surface area contributed by atoms with E-state index in [0.29, 0.717) is 15.5 Å². The maximum Gasteiger partial charge on any atom is 0.285 e. The van der Waals surface area contributed by atoms with Gasteiger partial charge in [-0.3, -0.25) is 15.0 Å². The van der Waals surface area contributed by atoms with Crippen molar-refractivity contribution in [1.82, 2.24) is 10.4 Å². The van der Waals surface area contributed by atoms with E-state index in [1.165, 1.54) is 0 Å². The zero-order valence-corrected chi connectivity index (χ0v) is 14.6. The Morgan fingerprint density at radius 3 is 2.46 bits per heavy atom.